The molecular formula is C16H31N3O5S. The molecule has 1 N–H and O–H groups in total. The van der Waals surface area contributed by atoms with Crippen molar-refractivity contribution in [3.05, 3.63) is 0 Å². The third-order valence-electron chi connectivity index (χ3n) is 4.90. The monoisotopic (exact) mass is 377 g/mol. The van der Waals surface area contributed by atoms with Crippen molar-refractivity contribution in [1.29, 1.82) is 0 Å². The number of hydrogen-bond acceptors (Lipinski definition) is 6. The summed E-state index contributed by atoms with van der Waals surface area (Å²) >= 11 is 0. The van der Waals surface area contributed by atoms with E-state index >= 15 is 0 Å². The van der Waals surface area contributed by atoms with Gasteiger partial charge in [0.2, 0.25) is 0 Å². The quantitative estimate of drug-likeness (QED) is 0.638. The molecule has 0 aliphatic carbocycles. The summed E-state index contributed by atoms with van der Waals surface area (Å²) in [5, 5.41) is 0. The van der Waals surface area contributed by atoms with E-state index in [-0.39, 0.29) is 24.0 Å². The Kier molecular flexibility index (Phi) is 7.21. The molecule has 2 fully saturated rings. The van der Waals surface area contributed by atoms with Crippen molar-refractivity contribution in [1.82, 2.24) is 13.9 Å². The first-order chi connectivity index (χ1) is 11.8. The summed E-state index contributed by atoms with van der Waals surface area (Å²) in [4.78, 5) is 14.1. The minimum atomic E-state index is -3.62. The highest BCUT2D eigenvalue weighted by Crippen LogP contribution is 2.21. The molecule has 0 saturated carbocycles. The first-order valence-corrected chi connectivity index (χ1v) is 10.4. The summed E-state index contributed by atoms with van der Waals surface area (Å²) in [6, 6.07) is 0. The minimum absolute atomic E-state index is 0.187. The van der Waals surface area contributed by atoms with Gasteiger partial charge in [0.15, 0.2) is 0 Å². The first-order valence-electron chi connectivity index (χ1n) is 9.00. The fraction of sp³-hybridized carbons (Fsp3) is 0.938. The molecule has 2 aliphatic heterocycles. The number of nitrogens with one attached hydrogen (secondary N) is 1. The minimum Gasteiger partial charge on any atom is -0.466 e. The van der Waals surface area contributed by atoms with Gasteiger partial charge in [-0.25, -0.2) is 4.72 Å². The predicted octanol–water partition coefficient (Wildman–Crippen LogP) is 0.207. The Hall–Kier alpha value is -0.740. The number of ether oxygens (including phenoxy) is 2. The van der Waals surface area contributed by atoms with Crippen LogP contribution < -0.4 is 4.72 Å². The molecule has 2 aliphatic rings. The molecule has 0 aromatic carbocycles. The van der Waals surface area contributed by atoms with Crippen molar-refractivity contribution >= 4 is 16.2 Å². The van der Waals surface area contributed by atoms with Gasteiger partial charge in [-0.05, 0) is 33.6 Å². The van der Waals surface area contributed by atoms with Crippen LogP contribution in [0.2, 0.25) is 0 Å². The number of piperidine rings is 1. The van der Waals surface area contributed by atoms with Crippen molar-refractivity contribution in [2.75, 3.05) is 52.5 Å². The third kappa shape index (κ3) is 5.62. The van der Waals surface area contributed by atoms with Gasteiger partial charge in [0.1, 0.15) is 0 Å². The molecular weight excluding hydrogens is 346 g/mol. The van der Waals surface area contributed by atoms with E-state index in [1.807, 2.05) is 13.8 Å². The van der Waals surface area contributed by atoms with Crippen molar-refractivity contribution in [2.24, 2.45) is 5.92 Å². The molecule has 0 spiro atoms. The van der Waals surface area contributed by atoms with E-state index in [2.05, 4.69) is 9.62 Å². The topological polar surface area (TPSA) is 88.2 Å². The molecule has 0 aromatic rings. The highest BCUT2D eigenvalue weighted by molar-refractivity contribution is 7.87. The van der Waals surface area contributed by atoms with Crippen LogP contribution in [0.15, 0.2) is 0 Å². The molecule has 0 amide bonds. The Morgan fingerprint density at radius 1 is 1.28 bits per heavy atom. The van der Waals surface area contributed by atoms with Crippen molar-refractivity contribution in [2.45, 2.75) is 39.2 Å². The molecule has 146 valence electrons. The zero-order valence-corrected chi connectivity index (χ0v) is 16.3. The Labute approximate surface area is 151 Å². The second-order valence-corrected chi connectivity index (χ2v) is 8.94. The van der Waals surface area contributed by atoms with E-state index in [1.54, 1.807) is 6.92 Å². The van der Waals surface area contributed by atoms with E-state index in [1.165, 1.54) is 4.31 Å². The van der Waals surface area contributed by atoms with Gasteiger partial charge < -0.3 is 9.47 Å². The fourth-order valence-corrected chi connectivity index (χ4v) is 4.72. The Bertz CT molecular complexity index is 546. The summed E-state index contributed by atoms with van der Waals surface area (Å²) in [5.74, 6) is -0.687. The summed E-state index contributed by atoms with van der Waals surface area (Å²) < 4.78 is 39.8. The molecule has 25 heavy (non-hydrogen) atoms. The summed E-state index contributed by atoms with van der Waals surface area (Å²) in [6.45, 7) is 9.99. The van der Waals surface area contributed by atoms with E-state index in [0.29, 0.717) is 45.8 Å². The highest BCUT2D eigenvalue weighted by Gasteiger charge is 2.35. The molecule has 8 nitrogen and oxygen atoms in total. The second kappa shape index (κ2) is 8.77. The Balaban J connectivity index is 1.92. The maximum absolute atomic E-state index is 12.7. The van der Waals surface area contributed by atoms with Crippen LogP contribution in [0, 0.1) is 5.92 Å². The average Bonchev–Trinajstić information content (AvgIpc) is 2.61. The van der Waals surface area contributed by atoms with Crippen LogP contribution in [0.25, 0.3) is 0 Å². The molecule has 2 rings (SSSR count). The van der Waals surface area contributed by atoms with E-state index in [0.717, 1.165) is 13.1 Å². The van der Waals surface area contributed by atoms with Crippen LogP contribution in [0.3, 0.4) is 0 Å². The summed E-state index contributed by atoms with van der Waals surface area (Å²) in [5.41, 5.74) is -0.298. The second-order valence-electron chi connectivity index (χ2n) is 7.19. The van der Waals surface area contributed by atoms with Crippen LogP contribution >= 0.6 is 0 Å². The van der Waals surface area contributed by atoms with Crippen LogP contribution in [0.4, 0.5) is 0 Å². The van der Waals surface area contributed by atoms with Gasteiger partial charge in [0, 0.05) is 38.3 Å². The van der Waals surface area contributed by atoms with Crippen molar-refractivity contribution in [3.8, 4) is 0 Å². The smallest absolute Gasteiger partial charge is 0.310 e. The van der Waals surface area contributed by atoms with Gasteiger partial charge in [-0.15, -0.1) is 0 Å². The van der Waals surface area contributed by atoms with Crippen molar-refractivity contribution < 1.29 is 22.7 Å². The summed E-state index contributed by atoms with van der Waals surface area (Å²) in [7, 11) is -3.62. The standard InChI is InChI=1S/C16H31N3O5S/c1-4-24-15(20)14-6-5-7-19(12-14)25(21,22)17-13-16(2,3)18-8-10-23-11-9-18/h14,17H,4-13H2,1-3H3/t14-/m0/s1. The normalized spacial score (nSPS) is 24.2. The molecule has 0 aromatic heterocycles. The zero-order valence-electron chi connectivity index (χ0n) is 15.5. The maximum Gasteiger partial charge on any atom is 0.310 e. The van der Waals surface area contributed by atoms with E-state index in [9.17, 15) is 13.2 Å². The van der Waals surface area contributed by atoms with Gasteiger partial charge in [0.05, 0.1) is 25.7 Å². The number of esters is 1. The largest absolute Gasteiger partial charge is 0.466 e. The van der Waals surface area contributed by atoms with Gasteiger partial charge in [-0.2, -0.15) is 12.7 Å². The number of carbonyl (C=O) groups excluding carboxylic acids is 1. The van der Waals surface area contributed by atoms with Crippen molar-refractivity contribution in [3.63, 3.8) is 0 Å². The molecule has 9 heteroatoms. The maximum atomic E-state index is 12.7. The predicted molar refractivity (Wildman–Crippen MR) is 94.3 cm³/mol. The lowest BCUT2D eigenvalue weighted by Crippen LogP contribution is -2.57. The number of morpholine rings is 1. The van der Waals surface area contributed by atoms with Gasteiger partial charge in [0.25, 0.3) is 10.2 Å². The van der Waals surface area contributed by atoms with Crippen LogP contribution in [-0.2, 0) is 24.5 Å². The van der Waals surface area contributed by atoms with Gasteiger partial charge in [-0.1, -0.05) is 0 Å². The number of hydrogen-bond donors (Lipinski definition) is 1. The van der Waals surface area contributed by atoms with Gasteiger partial charge in [-0.3, -0.25) is 9.69 Å². The third-order valence-corrected chi connectivity index (χ3v) is 6.42. The van der Waals surface area contributed by atoms with Crippen LogP contribution in [0.5, 0.6) is 0 Å². The molecule has 2 heterocycles. The molecule has 1 atom stereocenters. The number of rotatable bonds is 7. The lowest BCUT2D eigenvalue weighted by Gasteiger charge is -2.41. The van der Waals surface area contributed by atoms with Crippen LogP contribution in [0.1, 0.15) is 33.6 Å². The van der Waals surface area contributed by atoms with Gasteiger partial charge >= 0.3 is 5.97 Å². The molecule has 0 unspecified atom stereocenters. The number of nitrogens with zero attached hydrogens (tertiary/aromatic N) is 2. The molecule has 2 saturated heterocycles. The average molecular weight is 378 g/mol. The molecule has 0 bridgehead atoms. The first kappa shape index (κ1) is 20.6. The SMILES string of the molecule is CCOC(=O)[C@H]1CCCN(S(=O)(=O)NCC(C)(C)N2CCOCC2)C1. The Morgan fingerprint density at radius 2 is 1.96 bits per heavy atom. The van der Waals surface area contributed by atoms with E-state index in [4.69, 9.17) is 9.47 Å². The van der Waals surface area contributed by atoms with Crippen LogP contribution in [-0.4, -0.2) is 81.7 Å². The lowest BCUT2D eigenvalue weighted by molar-refractivity contribution is -0.149. The van der Waals surface area contributed by atoms with E-state index < -0.39 is 10.2 Å². The zero-order chi connectivity index (χ0) is 18.5. The highest BCUT2D eigenvalue weighted by atomic mass is 32.2. The Morgan fingerprint density at radius 3 is 2.60 bits per heavy atom. The fourth-order valence-electron chi connectivity index (χ4n) is 3.25. The number of carbonyl (C=O) groups is 1. The lowest BCUT2D eigenvalue weighted by atomic mass is 10.0. The summed E-state index contributed by atoms with van der Waals surface area (Å²) in [6.07, 6.45) is 1.33. The molecule has 0 radical (unpaired) electrons.